The summed E-state index contributed by atoms with van der Waals surface area (Å²) >= 11 is 3.34. The van der Waals surface area contributed by atoms with E-state index in [1.807, 2.05) is 6.07 Å². The summed E-state index contributed by atoms with van der Waals surface area (Å²) in [5, 5.41) is -0.585. The van der Waals surface area contributed by atoms with Crippen LogP contribution in [0.2, 0.25) is 0 Å². The highest BCUT2D eigenvalue weighted by molar-refractivity contribution is 9.10. The fourth-order valence-corrected chi connectivity index (χ4v) is 4.69. The quantitative estimate of drug-likeness (QED) is 0.841. The van der Waals surface area contributed by atoms with Crippen LogP contribution in [0.25, 0.3) is 0 Å². The fourth-order valence-electron chi connectivity index (χ4n) is 2.02. The highest BCUT2D eigenvalue weighted by Crippen LogP contribution is 2.36. The van der Waals surface area contributed by atoms with Crippen molar-refractivity contribution in [3.05, 3.63) is 28.2 Å². The molecule has 0 radical (unpaired) electrons. The van der Waals surface area contributed by atoms with Gasteiger partial charge in [0.2, 0.25) is 0 Å². The lowest BCUT2D eigenvalue weighted by Crippen LogP contribution is -2.19. The molecule has 0 amide bonds. The Morgan fingerprint density at radius 1 is 1.50 bits per heavy atom. The summed E-state index contributed by atoms with van der Waals surface area (Å²) in [5.74, 6) is -0.0856. The summed E-state index contributed by atoms with van der Waals surface area (Å²) < 4.78 is 25.0. The summed E-state index contributed by atoms with van der Waals surface area (Å²) in [6.07, 6.45) is 0.530. The number of hydrogen-bond acceptors (Lipinski definition) is 3. The molecule has 0 spiro atoms. The molecule has 0 bridgehead atoms. The van der Waals surface area contributed by atoms with E-state index < -0.39 is 15.1 Å². The van der Waals surface area contributed by atoms with E-state index in [0.717, 1.165) is 10.0 Å². The molecule has 0 saturated carbocycles. The molecule has 0 N–H and O–H groups in total. The van der Waals surface area contributed by atoms with E-state index in [2.05, 4.69) is 15.9 Å². The van der Waals surface area contributed by atoms with Crippen molar-refractivity contribution in [2.75, 3.05) is 0 Å². The number of halogens is 1. The van der Waals surface area contributed by atoms with Crippen LogP contribution < -0.4 is 0 Å². The van der Waals surface area contributed by atoms with E-state index in [-0.39, 0.29) is 12.2 Å². The van der Waals surface area contributed by atoms with Crippen molar-refractivity contribution in [2.45, 2.75) is 29.9 Å². The minimum atomic E-state index is -3.31. The van der Waals surface area contributed by atoms with Crippen LogP contribution in [0, 0.1) is 0 Å². The van der Waals surface area contributed by atoms with Crippen LogP contribution in [-0.4, -0.2) is 19.5 Å². The number of Topliss-reactive ketones (excluding diaryl/α,β-unsaturated/α-hetero) is 1. The van der Waals surface area contributed by atoms with Crippen LogP contribution in [0.4, 0.5) is 0 Å². The van der Waals surface area contributed by atoms with Gasteiger partial charge in [0.1, 0.15) is 5.78 Å². The molecule has 86 valence electrons. The van der Waals surface area contributed by atoms with Crippen molar-refractivity contribution < 1.29 is 13.2 Å². The maximum absolute atomic E-state index is 12.1. The van der Waals surface area contributed by atoms with Gasteiger partial charge in [0.05, 0.1) is 10.1 Å². The van der Waals surface area contributed by atoms with Gasteiger partial charge in [-0.1, -0.05) is 22.0 Å². The van der Waals surface area contributed by atoms with E-state index in [4.69, 9.17) is 0 Å². The summed E-state index contributed by atoms with van der Waals surface area (Å²) in [6.45, 7) is 1.42. The van der Waals surface area contributed by atoms with E-state index in [0.29, 0.717) is 11.3 Å². The van der Waals surface area contributed by atoms with Gasteiger partial charge in [-0.3, -0.25) is 4.79 Å². The number of benzene rings is 1. The molecule has 1 aliphatic rings. The average Bonchev–Trinajstić information content (AvgIpc) is 2.41. The van der Waals surface area contributed by atoms with Gasteiger partial charge >= 0.3 is 0 Å². The third-order valence-corrected chi connectivity index (χ3v) is 5.72. The van der Waals surface area contributed by atoms with E-state index in [9.17, 15) is 13.2 Å². The summed E-state index contributed by atoms with van der Waals surface area (Å²) in [5.41, 5.74) is 0.800. The van der Waals surface area contributed by atoms with Crippen LogP contribution in [0.15, 0.2) is 27.6 Å². The molecule has 2 rings (SSSR count). The first-order chi connectivity index (χ1) is 7.43. The summed E-state index contributed by atoms with van der Waals surface area (Å²) in [7, 11) is -3.31. The first-order valence-electron chi connectivity index (χ1n) is 4.93. The third kappa shape index (κ3) is 1.82. The van der Waals surface area contributed by atoms with Crippen molar-refractivity contribution in [3.63, 3.8) is 0 Å². The van der Waals surface area contributed by atoms with Gasteiger partial charge in [-0.15, -0.1) is 0 Å². The zero-order chi connectivity index (χ0) is 11.9. The molecule has 1 heterocycles. The van der Waals surface area contributed by atoms with Crippen molar-refractivity contribution >= 4 is 31.6 Å². The highest BCUT2D eigenvalue weighted by atomic mass is 79.9. The van der Waals surface area contributed by atoms with Gasteiger partial charge < -0.3 is 0 Å². The highest BCUT2D eigenvalue weighted by Gasteiger charge is 2.38. The van der Waals surface area contributed by atoms with Crippen LogP contribution in [-0.2, 0) is 21.1 Å². The number of ketones is 1. The Morgan fingerprint density at radius 2 is 2.19 bits per heavy atom. The molecule has 1 aliphatic heterocycles. The van der Waals surface area contributed by atoms with Crippen molar-refractivity contribution in [1.82, 2.24) is 0 Å². The lowest BCUT2D eigenvalue weighted by atomic mass is 10.1. The molecule has 0 saturated heterocycles. The Bertz CT molecular complexity index is 548. The zero-order valence-corrected chi connectivity index (χ0v) is 11.1. The van der Waals surface area contributed by atoms with Crippen LogP contribution in [0.3, 0.4) is 0 Å². The standard InChI is InChI=1S/C11H11BrO3S/c1-7(13)5-8-6-9-10(12)3-2-4-11(9)16(8,14)15/h2-4,8H,5-6H2,1H3. The number of carbonyl (C=O) groups is 1. The predicted octanol–water partition coefficient (Wildman–Crippen LogP) is 2.13. The minimum absolute atomic E-state index is 0.0856. The van der Waals surface area contributed by atoms with Gasteiger partial charge in [-0.25, -0.2) is 8.42 Å². The number of rotatable bonds is 2. The van der Waals surface area contributed by atoms with E-state index >= 15 is 0 Å². The first kappa shape index (κ1) is 11.8. The van der Waals surface area contributed by atoms with Crippen LogP contribution in [0.5, 0.6) is 0 Å². The first-order valence-corrected chi connectivity index (χ1v) is 7.27. The second-order valence-corrected chi connectivity index (χ2v) is 7.04. The molecule has 1 unspecified atom stereocenters. The van der Waals surface area contributed by atoms with Crippen LogP contribution in [0.1, 0.15) is 18.9 Å². The Hall–Kier alpha value is -0.680. The van der Waals surface area contributed by atoms with Gasteiger partial charge in [0.15, 0.2) is 9.84 Å². The number of hydrogen-bond donors (Lipinski definition) is 0. The van der Waals surface area contributed by atoms with E-state index in [1.165, 1.54) is 6.92 Å². The molecular formula is C11H11BrO3S. The third-order valence-electron chi connectivity index (χ3n) is 2.77. The average molecular weight is 303 g/mol. The molecule has 0 aromatic heterocycles. The second-order valence-electron chi connectivity index (χ2n) is 3.99. The molecule has 0 fully saturated rings. The molecule has 5 heteroatoms. The zero-order valence-electron chi connectivity index (χ0n) is 8.73. The molecule has 0 aliphatic carbocycles. The normalized spacial score (nSPS) is 21.8. The van der Waals surface area contributed by atoms with Crippen molar-refractivity contribution in [3.8, 4) is 0 Å². The minimum Gasteiger partial charge on any atom is -0.300 e. The Balaban J connectivity index is 2.50. The monoisotopic (exact) mass is 302 g/mol. The summed E-state index contributed by atoms with van der Waals surface area (Å²) in [4.78, 5) is 11.4. The second kappa shape index (κ2) is 3.96. The molecule has 3 nitrogen and oxygen atoms in total. The smallest absolute Gasteiger partial charge is 0.182 e. The number of carbonyl (C=O) groups excluding carboxylic acids is 1. The van der Waals surface area contributed by atoms with Gasteiger partial charge in [0.25, 0.3) is 0 Å². The maximum atomic E-state index is 12.1. The fraction of sp³-hybridized carbons (Fsp3) is 0.364. The van der Waals surface area contributed by atoms with Crippen LogP contribution >= 0.6 is 15.9 Å². The van der Waals surface area contributed by atoms with Gasteiger partial charge in [0, 0.05) is 10.9 Å². The number of sulfone groups is 1. The molecular weight excluding hydrogens is 292 g/mol. The Morgan fingerprint density at radius 3 is 2.75 bits per heavy atom. The predicted molar refractivity (Wildman–Crippen MR) is 64.1 cm³/mol. The van der Waals surface area contributed by atoms with E-state index in [1.54, 1.807) is 12.1 Å². The SMILES string of the molecule is CC(=O)CC1Cc2c(Br)cccc2S1(=O)=O. The Labute approximate surface area is 103 Å². The van der Waals surface area contributed by atoms with Gasteiger partial charge in [-0.2, -0.15) is 0 Å². The molecule has 16 heavy (non-hydrogen) atoms. The van der Waals surface area contributed by atoms with Crippen molar-refractivity contribution in [1.29, 1.82) is 0 Å². The maximum Gasteiger partial charge on any atom is 0.182 e. The topological polar surface area (TPSA) is 51.2 Å². The molecule has 1 aromatic rings. The lowest BCUT2D eigenvalue weighted by molar-refractivity contribution is -0.117. The van der Waals surface area contributed by atoms with Gasteiger partial charge in [-0.05, 0) is 31.0 Å². The largest absolute Gasteiger partial charge is 0.300 e. The molecule has 1 atom stereocenters. The summed E-state index contributed by atoms with van der Waals surface area (Å²) in [6, 6.07) is 5.14. The molecule has 1 aromatic carbocycles. The number of fused-ring (bicyclic) bond motifs is 1. The lowest BCUT2D eigenvalue weighted by Gasteiger charge is -2.05. The van der Waals surface area contributed by atoms with Crippen molar-refractivity contribution in [2.24, 2.45) is 0 Å². The Kier molecular flexibility index (Phi) is 2.92.